The second-order valence-corrected chi connectivity index (χ2v) is 12.6. The molecule has 32 heavy (non-hydrogen) atoms. The topological polar surface area (TPSA) is 24.7 Å². The molecule has 176 valence electrons. The highest BCUT2D eigenvalue weighted by Gasteiger charge is 2.30. The Morgan fingerprint density at radius 2 is 0.938 bits per heavy atom. The highest BCUT2D eigenvalue weighted by molar-refractivity contribution is 5.73. The first kappa shape index (κ1) is 24.9. The van der Waals surface area contributed by atoms with Crippen LogP contribution in [-0.2, 0) is 0 Å². The maximum atomic E-state index is 5.34. The normalized spacial score (nSPS) is 24.8. The predicted molar refractivity (Wildman–Crippen MR) is 139 cm³/mol. The van der Waals surface area contributed by atoms with Crippen LogP contribution in [0.25, 0.3) is 11.1 Å². The Bertz CT molecular complexity index is 938. The van der Waals surface area contributed by atoms with Crippen molar-refractivity contribution >= 4 is 11.1 Å². The molecule has 0 amide bonds. The first-order chi connectivity index (χ1) is 14.8. The lowest BCUT2D eigenvalue weighted by Gasteiger charge is -2.32. The van der Waals surface area contributed by atoms with E-state index < -0.39 is 0 Å². The molecule has 1 aromatic carbocycles. The first-order valence-corrected chi connectivity index (χ1v) is 12.9. The summed E-state index contributed by atoms with van der Waals surface area (Å²) in [5, 5.41) is 2.34. The number of hydrogen-bond acceptors (Lipinski definition) is 2. The van der Waals surface area contributed by atoms with Crippen molar-refractivity contribution in [2.24, 2.45) is 33.7 Å². The van der Waals surface area contributed by atoms with E-state index in [1.807, 2.05) is 0 Å². The van der Waals surface area contributed by atoms with Crippen LogP contribution < -0.4 is 10.7 Å². The third kappa shape index (κ3) is 5.80. The Labute approximate surface area is 197 Å². The van der Waals surface area contributed by atoms with E-state index in [2.05, 4.69) is 93.5 Å². The van der Waals surface area contributed by atoms with Crippen LogP contribution in [0.2, 0.25) is 0 Å². The summed E-state index contributed by atoms with van der Waals surface area (Å²) in [7, 11) is 0. The third-order valence-electron chi connectivity index (χ3n) is 6.43. The SMILES string of the molecule is CC(C)CC1=CC(C)(CC(C)C)N=c2cc3c(cc21)=NC(C)(CC(C)C)C=C3CC(C)C. The molecular weight excluding hydrogens is 388 g/mol. The number of allylic oxidation sites excluding steroid dienone is 2. The fraction of sp³-hybridized carbons (Fsp3) is 0.667. The number of fused-ring (bicyclic) bond motifs is 2. The molecular formula is C30H46N2. The van der Waals surface area contributed by atoms with Gasteiger partial charge in [0.1, 0.15) is 0 Å². The summed E-state index contributed by atoms with van der Waals surface area (Å²) in [6.45, 7) is 23.1. The molecule has 2 aliphatic heterocycles. The smallest absolute Gasteiger partial charge is 0.0775 e. The van der Waals surface area contributed by atoms with E-state index >= 15 is 0 Å². The second kappa shape index (κ2) is 9.27. The molecule has 0 aliphatic carbocycles. The lowest BCUT2D eigenvalue weighted by Crippen LogP contribution is -2.35. The molecule has 2 nitrogen and oxygen atoms in total. The molecule has 0 N–H and O–H groups in total. The molecule has 1 aromatic rings. The van der Waals surface area contributed by atoms with Gasteiger partial charge in [0.15, 0.2) is 0 Å². The van der Waals surface area contributed by atoms with Crippen LogP contribution in [0.4, 0.5) is 0 Å². The summed E-state index contributed by atoms with van der Waals surface area (Å²) >= 11 is 0. The van der Waals surface area contributed by atoms with E-state index in [4.69, 9.17) is 9.98 Å². The summed E-state index contributed by atoms with van der Waals surface area (Å²) < 4.78 is 0. The lowest BCUT2D eigenvalue weighted by molar-refractivity contribution is 0.428. The van der Waals surface area contributed by atoms with E-state index in [1.54, 1.807) is 0 Å². The first-order valence-electron chi connectivity index (χ1n) is 12.9. The Balaban J connectivity index is 2.25. The molecule has 2 unspecified atom stereocenters. The van der Waals surface area contributed by atoms with Crippen LogP contribution in [0.1, 0.15) is 106 Å². The maximum absolute atomic E-state index is 5.34. The zero-order chi connectivity index (χ0) is 23.8. The van der Waals surface area contributed by atoms with Crippen LogP contribution in [-0.4, -0.2) is 11.1 Å². The van der Waals surface area contributed by atoms with Gasteiger partial charge in [0.25, 0.3) is 0 Å². The van der Waals surface area contributed by atoms with Gasteiger partial charge >= 0.3 is 0 Å². The second-order valence-electron chi connectivity index (χ2n) is 12.6. The van der Waals surface area contributed by atoms with Crippen molar-refractivity contribution in [3.8, 4) is 0 Å². The summed E-state index contributed by atoms with van der Waals surface area (Å²) in [6, 6.07) is 4.73. The van der Waals surface area contributed by atoms with E-state index in [0.717, 1.165) is 25.7 Å². The Hall–Kier alpha value is -1.70. The summed E-state index contributed by atoms with van der Waals surface area (Å²) in [5.41, 5.74) is 5.27. The lowest BCUT2D eigenvalue weighted by atomic mass is 9.80. The zero-order valence-corrected chi connectivity index (χ0v) is 22.3. The zero-order valence-electron chi connectivity index (χ0n) is 22.3. The molecule has 0 aromatic heterocycles. The minimum Gasteiger partial charge on any atom is -0.274 e. The van der Waals surface area contributed by atoms with Crippen LogP contribution in [0, 0.1) is 23.7 Å². The van der Waals surface area contributed by atoms with E-state index in [9.17, 15) is 0 Å². The van der Waals surface area contributed by atoms with E-state index in [-0.39, 0.29) is 11.1 Å². The van der Waals surface area contributed by atoms with E-state index in [0.29, 0.717) is 23.7 Å². The molecule has 0 saturated heterocycles. The van der Waals surface area contributed by atoms with Gasteiger partial charge in [-0.25, -0.2) is 0 Å². The maximum Gasteiger partial charge on any atom is 0.0775 e. The van der Waals surface area contributed by atoms with Gasteiger partial charge < -0.3 is 0 Å². The fourth-order valence-corrected chi connectivity index (χ4v) is 5.88. The number of rotatable bonds is 8. The molecule has 0 radical (unpaired) electrons. The molecule has 2 aliphatic rings. The summed E-state index contributed by atoms with van der Waals surface area (Å²) in [5.74, 6) is 2.46. The number of benzene rings is 1. The molecule has 2 heteroatoms. The highest BCUT2D eigenvalue weighted by Crippen LogP contribution is 2.35. The van der Waals surface area contributed by atoms with Gasteiger partial charge in [-0.3, -0.25) is 9.98 Å². The van der Waals surface area contributed by atoms with Gasteiger partial charge in [-0.2, -0.15) is 0 Å². The molecule has 0 saturated carbocycles. The average molecular weight is 435 g/mol. The molecule has 0 spiro atoms. The highest BCUT2D eigenvalue weighted by atomic mass is 14.9. The van der Waals surface area contributed by atoms with Gasteiger partial charge in [0, 0.05) is 11.1 Å². The van der Waals surface area contributed by atoms with Gasteiger partial charge in [0.2, 0.25) is 0 Å². The average Bonchev–Trinajstić information content (AvgIpc) is 2.57. The van der Waals surface area contributed by atoms with Crippen molar-refractivity contribution in [2.75, 3.05) is 0 Å². The number of hydrogen-bond donors (Lipinski definition) is 0. The minimum atomic E-state index is -0.125. The van der Waals surface area contributed by atoms with Crippen LogP contribution in [0.3, 0.4) is 0 Å². The quantitative estimate of drug-likeness (QED) is 0.406. The van der Waals surface area contributed by atoms with Crippen molar-refractivity contribution in [1.82, 2.24) is 0 Å². The Morgan fingerprint density at radius 1 is 0.594 bits per heavy atom. The van der Waals surface area contributed by atoms with Gasteiger partial charge in [-0.05, 0) is 86.5 Å². The standard InChI is InChI=1S/C30H46N2/c1-19(2)11-23-17-29(9,15-21(5)6)31-27-14-26-24(12-20(3)4)18-30(10,16-22(7)8)32-28(26)13-25(23)27/h13-14,17-22H,11-12,15-16H2,1-10H3. The van der Waals surface area contributed by atoms with Gasteiger partial charge in [-0.1, -0.05) is 67.5 Å². The fourth-order valence-electron chi connectivity index (χ4n) is 5.88. The summed E-state index contributed by atoms with van der Waals surface area (Å²) in [6.07, 6.45) is 9.26. The molecule has 0 fully saturated rings. The predicted octanol–water partition coefficient (Wildman–Crippen LogP) is 7.42. The Kier molecular flexibility index (Phi) is 7.23. The Morgan fingerprint density at radius 3 is 1.22 bits per heavy atom. The summed E-state index contributed by atoms with van der Waals surface area (Å²) in [4.78, 5) is 10.7. The van der Waals surface area contributed by atoms with Gasteiger partial charge in [-0.15, -0.1) is 0 Å². The van der Waals surface area contributed by atoms with Crippen molar-refractivity contribution < 1.29 is 0 Å². The van der Waals surface area contributed by atoms with Crippen molar-refractivity contribution in [3.05, 3.63) is 46.1 Å². The van der Waals surface area contributed by atoms with Crippen molar-refractivity contribution in [3.63, 3.8) is 0 Å². The van der Waals surface area contributed by atoms with Crippen molar-refractivity contribution in [2.45, 2.75) is 106 Å². The van der Waals surface area contributed by atoms with Crippen molar-refractivity contribution in [1.29, 1.82) is 0 Å². The molecule has 0 bridgehead atoms. The molecule has 2 heterocycles. The largest absolute Gasteiger partial charge is 0.274 e. The molecule has 2 atom stereocenters. The number of nitrogens with zero attached hydrogens (tertiary/aromatic N) is 2. The van der Waals surface area contributed by atoms with E-state index in [1.165, 1.54) is 33.0 Å². The monoisotopic (exact) mass is 434 g/mol. The molecule has 3 rings (SSSR count). The van der Waals surface area contributed by atoms with Crippen LogP contribution in [0.5, 0.6) is 0 Å². The van der Waals surface area contributed by atoms with Crippen LogP contribution in [0.15, 0.2) is 34.3 Å². The minimum absolute atomic E-state index is 0.125. The van der Waals surface area contributed by atoms with Crippen LogP contribution >= 0.6 is 0 Å². The third-order valence-corrected chi connectivity index (χ3v) is 6.43. The van der Waals surface area contributed by atoms with Gasteiger partial charge in [0.05, 0.1) is 21.8 Å².